The number of rotatable bonds is 7. The lowest BCUT2D eigenvalue weighted by molar-refractivity contribution is -0.146. The molecular weight excluding hydrogens is 277 g/mol. The summed E-state index contributed by atoms with van der Waals surface area (Å²) in [5, 5.41) is 8.70. The number of hydrogen-bond acceptors (Lipinski definition) is 3. The van der Waals surface area contributed by atoms with Gasteiger partial charge in [0.15, 0.2) is 5.60 Å². The molecule has 0 heterocycles. The molecule has 116 valence electrons. The molecule has 0 spiro atoms. The molecule has 0 aliphatic carbocycles. The van der Waals surface area contributed by atoms with Gasteiger partial charge in [0, 0.05) is 13.1 Å². The summed E-state index contributed by atoms with van der Waals surface area (Å²) < 4.78 is 18.5. The van der Waals surface area contributed by atoms with Crippen molar-refractivity contribution in [1.82, 2.24) is 4.90 Å². The molecule has 1 aromatic carbocycles. The highest BCUT2D eigenvalue weighted by Gasteiger charge is 2.33. The molecule has 0 saturated heterocycles. The molecule has 0 bridgehead atoms. The Balaban J connectivity index is 2.76. The lowest BCUT2D eigenvalue weighted by atomic mass is 10.1. The Hall–Kier alpha value is -2.11. The maximum Gasteiger partial charge on any atom is 0.305 e. The van der Waals surface area contributed by atoms with Crippen molar-refractivity contribution < 1.29 is 23.8 Å². The first kappa shape index (κ1) is 16.9. The number of benzene rings is 1. The summed E-state index contributed by atoms with van der Waals surface area (Å²) >= 11 is 0. The lowest BCUT2D eigenvalue weighted by Gasteiger charge is -2.31. The normalized spacial score (nSPS) is 11.0. The highest BCUT2D eigenvalue weighted by molar-refractivity contribution is 5.85. The maximum atomic E-state index is 12.9. The number of hydrogen-bond donors (Lipinski definition) is 1. The molecule has 1 N–H and O–H groups in total. The third kappa shape index (κ3) is 5.06. The van der Waals surface area contributed by atoms with Crippen LogP contribution in [0.4, 0.5) is 4.39 Å². The number of carboxylic acids is 1. The van der Waals surface area contributed by atoms with Gasteiger partial charge in [-0.05, 0) is 45.0 Å². The number of carbonyl (C=O) groups is 2. The summed E-state index contributed by atoms with van der Waals surface area (Å²) in [6.45, 7) is 5.49. The van der Waals surface area contributed by atoms with Crippen molar-refractivity contribution in [2.75, 3.05) is 13.1 Å². The fourth-order valence-electron chi connectivity index (χ4n) is 1.86. The van der Waals surface area contributed by atoms with E-state index in [1.54, 1.807) is 20.8 Å². The molecule has 1 amide bonds. The molecular formula is C15H20FNO4. The Morgan fingerprint density at radius 3 is 2.33 bits per heavy atom. The van der Waals surface area contributed by atoms with E-state index >= 15 is 0 Å². The van der Waals surface area contributed by atoms with Crippen LogP contribution in [0, 0.1) is 5.82 Å². The summed E-state index contributed by atoms with van der Waals surface area (Å²) in [5.41, 5.74) is -1.16. The molecule has 1 aromatic rings. The van der Waals surface area contributed by atoms with Gasteiger partial charge in [0.05, 0.1) is 6.42 Å². The second-order valence-electron chi connectivity index (χ2n) is 5.09. The molecule has 6 heteroatoms. The molecule has 0 fully saturated rings. The standard InChI is InChI=1S/C15H20FNO4/c1-4-17(10-9-13(18)19)14(20)15(2,3)21-12-7-5-11(16)6-8-12/h5-8H,4,9-10H2,1-3H3,(H,18,19). The largest absolute Gasteiger partial charge is 0.481 e. The Bertz CT molecular complexity index is 499. The molecule has 0 aliphatic rings. The molecule has 0 aromatic heterocycles. The predicted octanol–water partition coefficient (Wildman–Crippen LogP) is 2.31. The Kier molecular flexibility index (Phi) is 5.69. The quantitative estimate of drug-likeness (QED) is 0.838. The van der Waals surface area contributed by atoms with Crippen LogP contribution in [-0.2, 0) is 9.59 Å². The first-order valence-corrected chi connectivity index (χ1v) is 6.72. The van der Waals surface area contributed by atoms with Crippen molar-refractivity contribution in [3.05, 3.63) is 30.1 Å². The van der Waals surface area contributed by atoms with Gasteiger partial charge in [-0.15, -0.1) is 0 Å². The highest BCUT2D eigenvalue weighted by Crippen LogP contribution is 2.20. The summed E-state index contributed by atoms with van der Waals surface area (Å²) in [6, 6.07) is 5.38. The highest BCUT2D eigenvalue weighted by atomic mass is 19.1. The van der Waals surface area contributed by atoms with Gasteiger partial charge < -0.3 is 14.7 Å². The van der Waals surface area contributed by atoms with E-state index in [-0.39, 0.29) is 24.7 Å². The van der Waals surface area contributed by atoms with E-state index in [4.69, 9.17) is 9.84 Å². The van der Waals surface area contributed by atoms with Crippen molar-refractivity contribution >= 4 is 11.9 Å². The van der Waals surface area contributed by atoms with E-state index in [9.17, 15) is 14.0 Å². The van der Waals surface area contributed by atoms with E-state index < -0.39 is 11.6 Å². The fraction of sp³-hybridized carbons (Fsp3) is 0.467. The number of aliphatic carboxylic acids is 1. The fourth-order valence-corrected chi connectivity index (χ4v) is 1.86. The molecule has 5 nitrogen and oxygen atoms in total. The van der Waals surface area contributed by atoms with Gasteiger partial charge in [0.1, 0.15) is 11.6 Å². The average Bonchev–Trinajstić information content (AvgIpc) is 2.41. The average molecular weight is 297 g/mol. The van der Waals surface area contributed by atoms with Crippen LogP contribution in [0.5, 0.6) is 5.75 Å². The second-order valence-corrected chi connectivity index (χ2v) is 5.09. The number of halogens is 1. The van der Waals surface area contributed by atoms with Crippen LogP contribution < -0.4 is 4.74 Å². The predicted molar refractivity (Wildman–Crippen MR) is 75.6 cm³/mol. The smallest absolute Gasteiger partial charge is 0.305 e. The van der Waals surface area contributed by atoms with Crippen molar-refractivity contribution in [2.45, 2.75) is 32.8 Å². The van der Waals surface area contributed by atoms with Gasteiger partial charge in [-0.1, -0.05) is 0 Å². The summed E-state index contributed by atoms with van der Waals surface area (Å²) in [4.78, 5) is 24.5. The minimum absolute atomic E-state index is 0.119. The number of ether oxygens (including phenoxy) is 1. The summed E-state index contributed by atoms with van der Waals surface area (Å²) in [7, 11) is 0. The Labute approximate surface area is 123 Å². The van der Waals surface area contributed by atoms with Gasteiger partial charge in [0.2, 0.25) is 0 Å². The number of carbonyl (C=O) groups excluding carboxylic acids is 1. The van der Waals surface area contributed by atoms with Crippen LogP contribution in [0.2, 0.25) is 0 Å². The molecule has 21 heavy (non-hydrogen) atoms. The number of carboxylic acid groups (broad SMARTS) is 1. The van der Waals surface area contributed by atoms with E-state index in [2.05, 4.69) is 0 Å². The maximum absolute atomic E-state index is 12.9. The lowest BCUT2D eigenvalue weighted by Crippen LogP contribution is -2.49. The molecule has 0 atom stereocenters. The van der Waals surface area contributed by atoms with Crippen LogP contribution >= 0.6 is 0 Å². The molecule has 0 saturated carbocycles. The van der Waals surface area contributed by atoms with E-state index in [1.807, 2.05) is 0 Å². The van der Waals surface area contributed by atoms with Crippen molar-refractivity contribution in [3.63, 3.8) is 0 Å². The van der Waals surface area contributed by atoms with Crippen LogP contribution in [0.1, 0.15) is 27.2 Å². The molecule has 0 radical (unpaired) electrons. The van der Waals surface area contributed by atoms with Crippen LogP contribution in [0.25, 0.3) is 0 Å². The third-order valence-corrected chi connectivity index (χ3v) is 2.97. The zero-order chi connectivity index (χ0) is 16.0. The topological polar surface area (TPSA) is 66.8 Å². The zero-order valence-electron chi connectivity index (χ0n) is 12.4. The Morgan fingerprint density at radius 2 is 1.86 bits per heavy atom. The van der Waals surface area contributed by atoms with E-state index in [0.29, 0.717) is 12.3 Å². The van der Waals surface area contributed by atoms with E-state index in [0.717, 1.165) is 0 Å². The van der Waals surface area contributed by atoms with Gasteiger partial charge >= 0.3 is 5.97 Å². The number of nitrogens with zero attached hydrogens (tertiary/aromatic N) is 1. The van der Waals surface area contributed by atoms with Crippen LogP contribution in [0.3, 0.4) is 0 Å². The minimum atomic E-state index is -1.16. The number of likely N-dealkylation sites (N-methyl/N-ethyl adjacent to an activating group) is 1. The van der Waals surface area contributed by atoms with Crippen molar-refractivity contribution in [1.29, 1.82) is 0 Å². The summed E-state index contributed by atoms with van der Waals surface area (Å²) in [6.07, 6.45) is -0.119. The van der Waals surface area contributed by atoms with Crippen LogP contribution in [-0.4, -0.2) is 40.6 Å². The SMILES string of the molecule is CCN(CCC(=O)O)C(=O)C(C)(C)Oc1ccc(F)cc1. The Morgan fingerprint density at radius 1 is 1.29 bits per heavy atom. The van der Waals surface area contributed by atoms with Gasteiger partial charge in [-0.25, -0.2) is 4.39 Å². The van der Waals surface area contributed by atoms with E-state index in [1.165, 1.54) is 29.2 Å². The third-order valence-electron chi connectivity index (χ3n) is 2.97. The monoisotopic (exact) mass is 297 g/mol. The summed E-state index contributed by atoms with van der Waals surface area (Å²) in [5.74, 6) is -1.28. The molecule has 0 aliphatic heterocycles. The van der Waals surface area contributed by atoms with Gasteiger partial charge in [-0.3, -0.25) is 9.59 Å². The molecule has 1 rings (SSSR count). The van der Waals surface area contributed by atoms with Gasteiger partial charge in [0.25, 0.3) is 5.91 Å². The zero-order valence-corrected chi connectivity index (χ0v) is 12.4. The van der Waals surface area contributed by atoms with Crippen LogP contribution in [0.15, 0.2) is 24.3 Å². The van der Waals surface area contributed by atoms with Crippen molar-refractivity contribution in [2.24, 2.45) is 0 Å². The second kappa shape index (κ2) is 7.06. The van der Waals surface area contributed by atoms with Crippen molar-refractivity contribution in [3.8, 4) is 5.75 Å². The number of amides is 1. The first-order chi connectivity index (χ1) is 9.76. The first-order valence-electron chi connectivity index (χ1n) is 6.72. The minimum Gasteiger partial charge on any atom is -0.481 e. The molecule has 0 unspecified atom stereocenters. The van der Waals surface area contributed by atoms with Gasteiger partial charge in [-0.2, -0.15) is 0 Å².